The van der Waals surface area contributed by atoms with E-state index in [4.69, 9.17) is 4.74 Å². The Morgan fingerprint density at radius 1 is 1.05 bits per heavy atom. The van der Waals surface area contributed by atoms with Gasteiger partial charge >= 0.3 is 0 Å². The van der Waals surface area contributed by atoms with E-state index in [1.807, 2.05) is 0 Å². The lowest BCUT2D eigenvalue weighted by atomic mass is 10.1. The third-order valence-corrected chi connectivity index (χ3v) is 3.44. The SMILES string of the molecule is O=C(COc1cc(Br)ccc1F)c1ccc(Br)cc1. The minimum absolute atomic E-state index is 0.0554. The molecule has 0 saturated heterocycles. The lowest BCUT2D eigenvalue weighted by molar-refractivity contribution is 0.0918. The summed E-state index contributed by atoms with van der Waals surface area (Å²) in [6, 6.07) is 11.3. The first-order valence-corrected chi connectivity index (χ1v) is 7.01. The summed E-state index contributed by atoms with van der Waals surface area (Å²) in [5.74, 6) is -0.640. The van der Waals surface area contributed by atoms with E-state index >= 15 is 0 Å². The number of rotatable bonds is 4. The van der Waals surface area contributed by atoms with E-state index in [0.717, 1.165) is 4.47 Å². The molecule has 0 aliphatic rings. The fraction of sp³-hybridized carbons (Fsp3) is 0.0714. The first-order valence-electron chi connectivity index (χ1n) is 5.43. The molecule has 0 N–H and O–H groups in total. The highest BCUT2D eigenvalue weighted by Gasteiger charge is 2.09. The number of ketones is 1. The van der Waals surface area contributed by atoms with Gasteiger partial charge in [-0.2, -0.15) is 0 Å². The van der Waals surface area contributed by atoms with Crippen LogP contribution in [0.1, 0.15) is 10.4 Å². The molecule has 0 aromatic heterocycles. The normalized spacial score (nSPS) is 10.3. The van der Waals surface area contributed by atoms with Crippen molar-refractivity contribution in [2.75, 3.05) is 6.61 Å². The molecule has 0 radical (unpaired) electrons. The van der Waals surface area contributed by atoms with Gasteiger partial charge in [0.1, 0.15) is 0 Å². The molecule has 98 valence electrons. The minimum atomic E-state index is -0.494. The van der Waals surface area contributed by atoms with Gasteiger partial charge in [-0.3, -0.25) is 4.79 Å². The Morgan fingerprint density at radius 3 is 2.37 bits per heavy atom. The zero-order valence-corrected chi connectivity index (χ0v) is 12.9. The van der Waals surface area contributed by atoms with Gasteiger partial charge in [-0.15, -0.1) is 0 Å². The number of carbonyl (C=O) groups is 1. The quantitative estimate of drug-likeness (QED) is 0.716. The molecule has 0 amide bonds. The number of carbonyl (C=O) groups excluding carboxylic acids is 1. The molecule has 5 heteroatoms. The van der Waals surface area contributed by atoms with Gasteiger partial charge in [-0.25, -0.2) is 4.39 Å². The van der Waals surface area contributed by atoms with Crippen LogP contribution in [-0.2, 0) is 0 Å². The van der Waals surface area contributed by atoms with Gasteiger partial charge in [0, 0.05) is 14.5 Å². The molecular weight excluding hydrogens is 379 g/mol. The van der Waals surface area contributed by atoms with Crippen LogP contribution in [0, 0.1) is 5.82 Å². The average Bonchev–Trinajstić information content (AvgIpc) is 2.40. The number of hydrogen-bond donors (Lipinski definition) is 0. The highest BCUT2D eigenvalue weighted by Crippen LogP contribution is 2.22. The Bertz CT molecular complexity index is 597. The standard InChI is InChI=1S/C14H9Br2FO2/c15-10-3-1-9(2-4-10)13(18)8-19-14-7-11(16)5-6-12(14)17/h1-7H,8H2. The van der Waals surface area contributed by atoms with Crippen LogP contribution in [-0.4, -0.2) is 12.4 Å². The van der Waals surface area contributed by atoms with E-state index in [0.29, 0.717) is 10.0 Å². The van der Waals surface area contributed by atoms with Crippen LogP contribution in [0.25, 0.3) is 0 Å². The maximum absolute atomic E-state index is 13.4. The number of benzene rings is 2. The maximum atomic E-state index is 13.4. The monoisotopic (exact) mass is 386 g/mol. The largest absolute Gasteiger partial charge is 0.482 e. The first kappa shape index (κ1) is 14.2. The Balaban J connectivity index is 2.04. The summed E-state index contributed by atoms with van der Waals surface area (Å²) in [4.78, 5) is 11.9. The highest BCUT2D eigenvalue weighted by atomic mass is 79.9. The van der Waals surface area contributed by atoms with Crippen molar-refractivity contribution in [3.8, 4) is 5.75 Å². The fourth-order valence-electron chi connectivity index (χ4n) is 1.45. The summed E-state index contributed by atoms with van der Waals surface area (Å²) in [5, 5.41) is 0. The van der Waals surface area contributed by atoms with Crippen molar-refractivity contribution in [2.45, 2.75) is 0 Å². The molecule has 2 nitrogen and oxygen atoms in total. The number of hydrogen-bond acceptors (Lipinski definition) is 2. The van der Waals surface area contributed by atoms with E-state index < -0.39 is 5.82 Å². The maximum Gasteiger partial charge on any atom is 0.200 e. The van der Waals surface area contributed by atoms with E-state index in [9.17, 15) is 9.18 Å². The third-order valence-electron chi connectivity index (χ3n) is 2.42. The van der Waals surface area contributed by atoms with Crippen molar-refractivity contribution in [2.24, 2.45) is 0 Å². The van der Waals surface area contributed by atoms with Crippen LogP contribution in [0.5, 0.6) is 5.75 Å². The molecule has 0 unspecified atom stereocenters. The molecule has 0 aliphatic carbocycles. The number of Topliss-reactive ketones (excluding diaryl/α,β-unsaturated/α-hetero) is 1. The summed E-state index contributed by atoms with van der Waals surface area (Å²) in [7, 11) is 0. The van der Waals surface area contributed by atoms with Gasteiger partial charge in [0.05, 0.1) is 0 Å². The lowest BCUT2D eigenvalue weighted by Crippen LogP contribution is -2.12. The molecule has 0 spiro atoms. The predicted octanol–water partition coefficient (Wildman–Crippen LogP) is 4.61. The Labute approximate surface area is 126 Å². The smallest absolute Gasteiger partial charge is 0.200 e. The van der Waals surface area contributed by atoms with E-state index in [1.165, 1.54) is 12.1 Å². The molecule has 2 aromatic rings. The van der Waals surface area contributed by atoms with Gasteiger partial charge in [0.25, 0.3) is 0 Å². The zero-order valence-electron chi connectivity index (χ0n) is 9.70. The van der Waals surface area contributed by atoms with Crippen LogP contribution in [0.15, 0.2) is 51.4 Å². The number of ether oxygens (including phenoxy) is 1. The second-order valence-electron chi connectivity index (χ2n) is 3.79. The molecule has 0 atom stereocenters. The van der Waals surface area contributed by atoms with Crippen molar-refractivity contribution in [1.29, 1.82) is 0 Å². The molecule has 2 rings (SSSR count). The summed E-state index contributed by atoms with van der Waals surface area (Å²) in [5.41, 5.74) is 0.526. The topological polar surface area (TPSA) is 26.3 Å². The average molecular weight is 388 g/mol. The summed E-state index contributed by atoms with van der Waals surface area (Å²) in [6.07, 6.45) is 0. The van der Waals surface area contributed by atoms with Gasteiger partial charge in [-0.1, -0.05) is 44.0 Å². The summed E-state index contributed by atoms with van der Waals surface area (Å²) in [6.45, 7) is -0.199. The molecular formula is C14H9Br2FO2. The van der Waals surface area contributed by atoms with E-state index in [-0.39, 0.29) is 18.1 Å². The zero-order chi connectivity index (χ0) is 13.8. The number of halogens is 3. The van der Waals surface area contributed by atoms with Crippen molar-refractivity contribution in [1.82, 2.24) is 0 Å². The van der Waals surface area contributed by atoms with Crippen molar-refractivity contribution >= 4 is 37.6 Å². The first-order chi connectivity index (χ1) is 9.06. The minimum Gasteiger partial charge on any atom is -0.482 e. The van der Waals surface area contributed by atoms with Crippen LogP contribution in [0.3, 0.4) is 0 Å². The third kappa shape index (κ3) is 3.88. The summed E-state index contributed by atoms with van der Waals surface area (Å²) < 4.78 is 20.2. The second-order valence-corrected chi connectivity index (χ2v) is 5.62. The molecule has 2 aromatic carbocycles. The lowest BCUT2D eigenvalue weighted by Gasteiger charge is -2.07. The van der Waals surface area contributed by atoms with E-state index in [1.54, 1.807) is 30.3 Å². The van der Waals surface area contributed by atoms with Crippen LogP contribution >= 0.6 is 31.9 Å². The second kappa shape index (κ2) is 6.30. The Kier molecular flexibility index (Phi) is 4.71. The van der Waals surface area contributed by atoms with Gasteiger partial charge < -0.3 is 4.74 Å². The van der Waals surface area contributed by atoms with Crippen molar-refractivity contribution < 1.29 is 13.9 Å². The predicted molar refractivity (Wildman–Crippen MR) is 78.1 cm³/mol. The van der Waals surface area contributed by atoms with Crippen LogP contribution in [0.4, 0.5) is 4.39 Å². The molecule has 0 fully saturated rings. The van der Waals surface area contributed by atoms with Crippen LogP contribution < -0.4 is 4.74 Å². The molecule has 0 heterocycles. The van der Waals surface area contributed by atoms with Gasteiger partial charge in [0.2, 0.25) is 0 Å². The molecule has 19 heavy (non-hydrogen) atoms. The molecule has 0 bridgehead atoms. The molecule has 0 aliphatic heterocycles. The Hall–Kier alpha value is -1.20. The van der Waals surface area contributed by atoms with Gasteiger partial charge in [0.15, 0.2) is 24.0 Å². The van der Waals surface area contributed by atoms with Gasteiger partial charge in [-0.05, 0) is 30.3 Å². The van der Waals surface area contributed by atoms with Crippen molar-refractivity contribution in [3.05, 3.63) is 62.8 Å². The Morgan fingerprint density at radius 2 is 1.68 bits per heavy atom. The van der Waals surface area contributed by atoms with E-state index in [2.05, 4.69) is 31.9 Å². The summed E-state index contributed by atoms with van der Waals surface area (Å²) >= 11 is 6.51. The fourth-order valence-corrected chi connectivity index (χ4v) is 2.05. The highest BCUT2D eigenvalue weighted by molar-refractivity contribution is 9.10. The van der Waals surface area contributed by atoms with Crippen molar-refractivity contribution in [3.63, 3.8) is 0 Å². The van der Waals surface area contributed by atoms with Crippen LogP contribution in [0.2, 0.25) is 0 Å². The molecule has 0 saturated carbocycles.